The maximum absolute atomic E-state index is 12.2. The molecule has 0 saturated carbocycles. The number of nitrogens with zero attached hydrogens (tertiary/aromatic N) is 2. The summed E-state index contributed by atoms with van der Waals surface area (Å²) in [4.78, 5) is 16.1. The van der Waals surface area contributed by atoms with Gasteiger partial charge in [0.25, 0.3) is 0 Å². The fraction of sp³-hybridized carbons (Fsp3) is 0.611. The zero-order valence-corrected chi connectivity index (χ0v) is 14.2. The Kier molecular flexibility index (Phi) is 4.34. The first-order valence-corrected chi connectivity index (χ1v) is 8.30. The van der Waals surface area contributed by atoms with Gasteiger partial charge in [0.1, 0.15) is 5.60 Å². The highest BCUT2D eigenvalue weighted by Gasteiger charge is 2.39. The van der Waals surface area contributed by atoms with Crippen LogP contribution >= 0.6 is 0 Å². The zero-order valence-electron chi connectivity index (χ0n) is 14.2. The van der Waals surface area contributed by atoms with E-state index in [1.54, 1.807) is 4.90 Å². The molecule has 2 heterocycles. The van der Waals surface area contributed by atoms with Crippen LogP contribution in [0.4, 0.5) is 4.79 Å². The molecule has 2 aliphatic heterocycles. The molecule has 1 saturated heterocycles. The van der Waals surface area contributed by atoms with Crippen molar-refractivity contribution >= 4 is 6.09 Å². The Morgan fingerprint density at radius 2 is 1.91 bits per heavy atom. The molecule has 23 heavy (non-hydrogen) atoms. The van der Waals surface area contributed by atoms with Crippen LogP contribution in [0.5, 0.6) is 0 Å². The summed E-state index contributed by atoms with van der Waals surface area (Å²) in [5.74, 6) is 0. The van der Waals surface area contributed by atoms with Crippen molar-refractivity contribution in [3.63, 3.8) is 0 Å². The Morgan fingerprint density at radius 1 is 1.22 bits per heavy atom. The van der Waals surface area contributed by atoms with Gasteiger partial charge in [0.2, 0.25) is 0 Å². The van der Waals surface area contributed by atoms with Crippen molar-refractivity contribution in [1.29, 1.82) is 0 Å². The van der Waals surface area contributed by atoms with Crippen LogP contribution in [0.1, 0.15) is 31.9 Å². The van der Waals surface area contributed by atoms with Crippen molar-refractivity contribution < 1.29 is 14.6 Å². The molecule has 1 aromatic carbocycles. The van der Waals surface area contributed by atoms with Crippen molar-refractivity contribution in [1.82, 2.24) is 9.80 Å². The summed E-state index contributed by atoms with van der Waals surface area (Å²) in [7, 11) is 0. The van der Waals surface area contributed by atoms with Crippen molar-refractivity contribution in [2.24, 2.45) is 0 Å². The Labute approximate surface area is 137 Å². The second-order valence-electron chi connectivity index (χ2n) is 7.51. The van der Waals surface area contributed by atoms with Crippen LogP contribution in [0.2, 0.25) is 0 Å². The lowest BCUT2D eigenvalue weighted by Crippen LogP contribution is -2.46. The van der Waals surface area contributed by atoms with Crippen LogP contribution in [-0.4, -0.2) is 58.4 Å². The van der Waals surface area contributed by atoms with Gasteiger partial charge in [-0.15, -0.1) is 0 Å². The second-order valence-corrected chi connectivity index (χ2v) is 7.51. The molecule has 1 amide bonds. The van der Waals surface area contributed by atoms with Gasteiger partial charge in [-0.1, -0.05) is 24.3 Å². The number of hydrogen-bond donors (Lipinski definition) is 1. The van der Waals surface area contributed by atoms with Gasteiger partial charge in [0.15, 0.2) is 0 Å². The molecule has 0 aliphatic carbocycles. The molecule has 5 nitrogen and oxygen atoms in total. The smallest absolute Gasteiger partial charge is 0.410 e. The highest BCUT2D eigenvalue weighted by molar-refractivity contribution is 5.68. The molecular formula is C18H26N2O3. The zero-order chi connectivity index (χ0) is 16.6. The second kappa shape index (κ2) is 6.13. The lowest BCUT2D eigenvalue weighted by Gasteiger charge is -2.34. The van der Waals surface area contributed by atoms with Crippen LogP contribution in [0.3, 0.4) is 0 Å². The Morgan fingerprint density at radius 3 is 2.61 bits per heavy atom. The van der Waals surface area contributed by atoms with Crippen LogP contribution < -0.4 is 0 Å². The Bertz CT molecular complexity index is 582. The molecule has 2 atom stereocenters. The predicted molar refractivity (Wildman–Crippen MR) is 88.2 cm³/mol. The SMILES string of the molecule is CC(C)(C)OC(=O)N1C[C@@H](N2CCc3ccccc3C2)[C@@H](O)C1. The number of rotatable bonds is 1. The molecule has 1 N–H and O–H groups in total. The lowest BCUT2D eigenvalue weighted by molar-refractivity contribution is 0.0269. The molecule has 0 aromatic heterocycles. The van der Waals surface area contributed by atoms with E-state index in [4.69, 9.17) is 4.74 Å². The molecule has 0 bridgehead atoms. The van der Waals surface area contributed by atoms with Crippen molar-refractivity contribution in [2.75, 3.05) is 19.6 Å². The number of ether oxygens (including phenoxy) is 1. The number of carbonyl (C=O) groups is 1. The number of aliphatic hydroxyl groups excluding tert-OH is 1. The minimum atomic E-state index is -0.521. The van der Waals surface area contributed by atoms with E-state index in [9.17, 15) is 9.90 Å². The van der Waals surface area contributed by atoms with Crippen molar-refractivity contribution in [3.8, 4) is 0 Å². The number of hydrogen-bond acceptors (Lipinski definition) is 4. The lowest BCUT2D eigenvalue weighted by atomic mass is 9.98. The van der Waals surface area contributed by atoms with Gasteiger partial charge in [-0.3, -0.25) is 4.90 Å². The standard InChI is InChI=1S/C18H26N2O3/c1-18(2,3)23-17(22)20-11-15(16(21)12-20)19-9-8-13-6-4-5-7-14(13)10-19/h4-7,15-16,21H,8-12H2,1-3H3/t15-,16+/m1/s1. The maximum atomic E-state index is 12.2. The number of aliphatic hydroxyl groups is 1. The summed E-state index contributed by atoms with van der Waals surface area (Å²) >= 11 is 0. The van der Waals surface area contributed by atoms with E-state index in [0.29, 0.717) is 13.1 Å². The molecule has 126 valence electrons. The maximum Gasteiger partial charge on any atom is 0.410 e. The number of fused-ring (bicyclic) bond motifs is 1. The Balaban J connectivity index is 1.65. The third-order valence-electron chi connectivity index (χ3n) is 4.54. The van der Waals surface area contributed by atoms with Gasteiger partial charge in [0, 0.05) is 19.6 Å². The van der Waals surface area contributed by atoms with Crippen LogP contribution in [0, 0.1) is 0 Å². The number of β-amino-alcohol motifs (C(OH)–C–C–N with tert-alkyl or cyclic N) is 1. The van der Waals surface area contributed by atoms with Gasteiger partial charge < -0.3 is 14.7 Å². The van der Waals surface area contributed by atoms with Gasteiger partial charge in [-0.2, -0.15) is 0 Å². The molecule has 0 radical (unpaired) electrons. The number of benzene rings is 1. The highest BCUT2D eigenvalue weighted by atomic mass is 16.6. The minimum Gasteiger partial charge on any atom is -0.444 e. The number of amides is 1. The molecular weight excluding hydrogens is 292 g/mol. The molecule has 0 spiro atoms. The molecule has 5 heteroatoms. The largest absolute Gasteiger partial charge is 0.444 e. The molecule has 1 fully saturated rings. The van der Waals surface area contributed by atoms with Crippen LogP contribution in [0.25, 0.3) is 0 Å². The van der Waals surface area contributed by atoms with E-state index in [-0.39, 0.29) is 12.1 Å². The third kappa shape index (κ3) is 3.67. The fourth-order valence-corrected chi connectivity index (χ4v) is 3.40. The van der Waals surface area contributed by atoms with Crippen molar-refractivity contribution in [3.05, 3.63) is 35.4 Å². The summed E-state index contributed by atoms with van der Waals surface area (Å²) in [5.41, 5.74) is 2.20. The highest BCUT2D eigenvalue weighted by Crippen LogP contribution is 2.25. The normalized spacial score (nSPS) is 25.3. The fourth-order valence-electron chi connectivity index (χ4n) is 3.40. The summed E-state index contributed by atoms with van der Waals surface area (Å²) in [6.45, 7) is 8.19. The van der Waals surface area contributed by atoms with E-state index in [0.717, 1.165) is 19.5 Å². The summed E-state index contributed by atoms with van der Waals surface area (Å²) < 4.78 is 5.42. The molecule has 3 rings (SSSR count). The van der Waals surface area contributed by atoms with E-state index >= 15 is 0 Å². The van der Waals surface area contributed by atoms with Crippen LogP contribution in [-0.2, 0) is 17.7 Å². The average molecular weight is 318 g/mol. The van der Waals surface area contributed by atoms with E-state index in [1.165, 1.54) is 11.1 Å². The predicted octanol–water partition coefficient (Wildman–Crippen LogP) is 2.02. The first-order valence-electron chi connectivity index (χ1n) is 8.30. The molecule has 2 aliphatic rings. The quantitative estimate of drug-likeness (QED) is 0.861. The summed E-state index contributed by atoms with van der Waals surface area (Å²) in [5, 5.41) is 10.4. The van der Waals surface area contributed by atoms with Gasteiger partial charge in [0.05, 0.1) is 18.7 Å². The topological polar surface area (TPSA) is 53.0 Å². The van der Waals surface area contributed by atoms with Gasteiger partial charge >= 0.3 is 6.09 Å². The van der Waals surface area contributed by atoms with Gasteiger partial charge in [-0.05, 0) is 38.3 Å². The van der Waals surface area contributed by atoms with E-state index < -0.39 is 11.7 Å². The van der Waals surface area contributed by atoms with Crippen LogP contribution in [0.15, 0.2) is 24.3 Å². The monoisotopic (exact) mass is 318 g/mol. The first kappa shape index (κ1) is 16.3. The third-order valence-corrected chi connectivity index (χ3v) is 4.54. The number of likely N-dealkylation sites (tertiary alicyclic amines) is 1. The average Bonchev–Trinajstić information content (AvgIpc) is 2.87. The molecule has 0 unspecified atom stereocenters. The van der Waals surface area contributed by atoms with E-state index in [2.05, 4.69) is 29.2 Å². The summed E-state index contributed by atoms with van der Waals surface area (Å²) in [6.07, 6.45) is 0.135. The summed E-state index contributed by atoms with van der Waals surface area (Å²) in [6, 6.07) is 8.43. The molecule has 1 aromatic rings. The van der Waals surface area contributed by atoms with Crippen molar-refractivity contribution in [2.45, 2.75) is 51.5 Å². The minimum absolute atomic E-state index is 0.0177. The number of carbonyl (C=O) groups excluding carboxylic acids is 1. The Hall–Kier alpha value is -1.59. The first-order chi connectivity index (χ1) is 10.8. The van der Waals surface area contributed by atoms with E-state index in [1.807, 2.05) is 20.8 Å². The van der Waals surface area contributed by atoms with Gasteiger partial charge in [-0.25, -0.2) is 4.79 Å².